The van der Waals surface area contributed by atoms with Crippen molar-refractivity contribution in [3.05, 3.63) is 53.1 Å². The number of benzene rings is 2. The smallest absolute Gasteiger partial charge is 0.249 e. The maximum atomic E-state index is 5.36. The van der Waals surface area contributed by atoms with E-state index in [1.165, 1.54) is 0 Å². The summed E-state index contributed by atoms with van der Waals surface area (Å²) in [6, 6.07) is 13.3. The predicted molar refractivity (Wildman–Crippen MR) is 93.1 cm³/mol. The number of rotatable bonds is 4. The van der Waals surface area contributed by atoms with Crippen LogP contribution in [0.25, 0.3) is 0 Å². The first-order valence-electron chi connectivity index (χ1n) is 7.16. The highest BCUT2D eigenvalue weighted by Gasteiger charge is 2.13. The van der Waals surface area contributed by atoms with Gasteiger partial charge >= 0.3 is 0 Å². The first kappa shape index (κ1) is 14.7. The second-order valence-corrected chi connectivity index (χ2v) is 5.82. The van der Waals surface area contributed by atoms with Crippen LogP contribution in [0.15, 0.2) is 53.1 Å². The lowest BCUT2D eigenvalue weighted by Crippen LogP contribution is -2.02. The van der Waals surface area contributed by atoms with Crippen molar-refractivity contribution in [3.8, 4) is 11.5 Å². The van der Waals surface area contributed by atoms with Gasteiger partial charge < -0.3 is 20.1 Å². The van der Waals surface area contributed by atoms with Crippen LogP contribution in [0, 0.1) is 0 Å². The van der Waals surface area contributed by atoms with Gasteiger partial charge in [0.1, 0.15) is 0 Å². The van der Waals surface area contributed by atoms with E-state index in [-0.39, 0.29) is 6.79 Å². The number of para-hydroxylation sites is 1. The van der Waals surface area contributed by atoms with Crippen LogP contribution in [-0.4, -0.2) is 22.0 Å². The lowest BCUT2D eigenvalue weighted by molar-refractivity contribution is 0.174. The first-order valence-corrected chi connectivity index (χ1v) is 7.95. The van der Waals surface area contributed by atoms with Gasteiger partial charge in [0.05, 0.1) is 11.9 Å². The summed E-state index contributed by atoms with van der Waals surface area (Å²) in [5.74, 6) is 2.40. The lowest BCUT2D eigenvalue weighted by Gasteiger charge is -2.09. The third-order valence-corrected chi connectivity index (χ3v) is 4.02. The Morgan fingerprint density at radius 3 is 2.79 bits per heavy atom. The fourth-order valence-corrected chi connectivity index (χ4v) is 2.61. The normalized spacial score (nSPS) is 12.0. The molecule has 0 aliphatic carbocycles. The van der Waals surface area contributed by atoms with Crippen molar-refractivity contribution in [1.29, 1.82) is 0 Å². The zero-order valence-corrected chi connectivity index (χ0v) is 13.9. The Kier molecular flexibility index (Phi) is 3.87. The van der Waals surface area contributed by atoms with E-state index in [2.05, 4.69) is 41.7 Å². The molecule has 1 aliphatic heterocycles. The van der Waals surface area contributed by atoms with Gasteiger partial charge in [0.25, 0.3) is 0 Å². The molecule has 3 aromatic rings. The summed E-state index contributed by atoms with van der Waals surface area (Å²) in [5, 5.41) is 14.3. The van der Waals surface area contributed by atoms with Gasteiger partial charge in [-0.15, -0.1) is 5.10 Å². The maximum Gasteiger partial charge on any atom is 0.249 e. The summed E-state index contributed by atoms with van der Waals surface area (Å²) in [4.78, 5) is 4.41. The Hall–Kier alpha value is -2.87. The van der Waals surface area contributed by atoms with Crippen molar-refractivity contribution in [2.45, 2.75) is 0 Å². The van der Waals surface area contributed by atoms with Crippen molar-refractivity contribution < 1.29 is 9.47 Å². The van der Waals surface area contributed by atoms with E-state index in [0.29, 0.717) is 17.5 Å². The highest BCUT2D eigenvalue weighted by molar-refractivity contribution is 9.10. The SMILES string of the molecule is Brc1ccccc1Nc1nncc(Nc2ccc3c(c2)OCO3)n1. The molecule has 0 spiro atoms. The van der Waals surface area contributed by atoms with Gasteiger partial charge in [-0.1, -0.05) is 12.1 Å². The molecule has 0 unspecified atom stereocenters. The van der Waals surface area contributed by atoms with E-state index < -0.39 is 0 Å². The molecule has 0 radical (unpaired) electrons. The van der Waals surface area contributed by atoms with Crippen molar-refractivity contribution >= 4 is 39.1 Å². The molecule has 1 aromatic heterocycles. The second kappa shape index (κ2) is 6.32. The van der Waals surface area contributed by atoms with E-state index >= 15 is 0 Å². The van der Waals surface area contributed by atoms with Crippen LogP contribution in [0.2, 0.25) is 0 Å². The van der Waals surface area contributed by atoms with Gasteiger partial charge in [-0.25, -0.2) is 0 Å². The van der Waals surface area contributed by atoms with Crippen LogP contribution in [-0.2, 0) is 0 Å². The van der Waals surface area contributed by atoms with Gasteiger partial charge in [-0.05, 0) is 40.2 Å². The molecular weight excluding hydrogens is 374 g/mol. The number of anilines is 4. The summed E-state index contributed by atoms with van der Waals surface area (Å²) < 4.78 is 11.6. The minimum absolute atomic E-state index is 0.244. The van der Waals surface area contributed by atoms with E-state index in [9.17, 15) is 0 Å². The molecule has 24 heavy (non-hydrogen) atoms. The Morgan fingerprint density at radius 1 is 1.00 bits per heavy atom. The number of fused-ring (bicyclic) bond motifs is 1. The molecule has 0 bridgehead atoms. The van der Waals surface area contributed by atoms with Crippen LogP contribution in [0.3, 0.4) is 0 Å². The molecule has 2 N–H and O–H groups in total. The molecule has 8 heteroatoms. The van der Waals surface area contributed by atoms with E-state index in [4.69, 9.17) is 9.47 Å². The predicted octanol–water partition coefficient (Wildman–Crippen LogP) is 3.85. The Labute approximate surface area is 146 Å². The molecule has 2 heterocycles. The van der Waals surface area contributed by atoms with E-state index in [1.807, 2.05) is 42.5 Å². The Balaban J connectivity index is 1.53. The number of ether oxygens (including phenoxy) is 2. The fourth-order valence-electron chi connectivity index (χ4n) is 2.22. The number of hydrogen-bond donors (Lipinski definition) is 2. The van der Waals surface area contributed by atoms with E-state index in [0.717, 1.165) is 21.6 Å². The third-order valence-electron chi connectivity index (χ3n) is 3.32. The zero-order valence-electron chi connectivity index (χ0n) is 12.4. The van der Waals surface area contributed by atoms with Crippen molar-refractivity contribution in [3.63, 3.8) is 0 Å². The lowest BCUT2D eigenvalue weighted by atomic mass is 10.3. The highest BCUT2D eigenvalue weighted by atomic mass is 79.9. The second-order valence-electron chi connectivity index (χ2n) is 4.96. The molecule has 0 saturated carbocycles. The molecule has 1 aliphatic rings. The highest BCUT2D eigenvalue weighted by Crippen LogP contribution is 2.35. The van der Waals surface area contributed by atoms with Crippen molar-refractivity contribution in [2.75, 3.05) is 17.4 Å². The van der Waals surface area contributed by atoms with Gasteiger partial charge in [-0.2, -0.15) is 10.1 Å². The molecular formula is C16H12BrN5O2. The van der Waals surface area contributed by atoms with Crippen LogP contribution >= 0.6 is 15.9 Å². The summed E-state index contributed by atoms with van der Waals surface area (Å²) >= 11 is 3.47. The molecule has 7 nitrogen and oxygen atoms in total. The van der Waals surface area contributed by atoms with Gasteiger partial charge in [0.15, 0.2) is 17.3 Å². The number of nitrogens with one attached hydrogen (secondary N) is 2. The van der Waals surface area contributed by atoms with Gasteiger partial charge in [0.2, 0.25) is 12.7 Å². The maximum absolute atomic E-state index is 5.36. The summed E-state index contributed by atoms with van der Waals surface area (Å²) in [6.45, 7) is 0.244. The van der Waals surface area contributed by atoms with Gasteiger partial charge in [-0.3, -0.25) is 0 Å². The third kappa shape index (κ3) is 3.09. The number of hydrogen-bond acceptors (Lipinski definition) is 7. The number of halogens is 1. The molecule has 0 amide bonds. The largest absolute Gasteiger partial charge is 0.454 e. The average Bonchev–Trinajstić information content (AvgIpc) is 3.05. The van der Waals surface area contributed by atoms with Crippen LogP contribution in [0.5, 0.6) is 11.5 Å². The van der Waals surface area contributed by atoms with E-state index in [1.54, 1.807) is 6.20 Å². The van der Waals surface area contributed by atoms with Crippen LogP contribution < -0.4 is 20.1 Å². The molecule has 2 aromatic carbocycles. The molecule has 0 saturated heterocycles. The quantitative estimate of drug-likeness (QED) is 0.705. The Morgan fingerprint density at radius 2 is 1.88 bits per heavy atom. The van der Waals surface area contributed by atoms with Crippen molar-refractivity contribution in [1.82, 2.24) is 15.2 Å². The zero-order chi connectivity index (χ0) is 16.4. The summed E-state index contributed by atoms with van der Waals surface area (Å²) in [6.07, 6.45) is 1.55. The monoisotopic (exact) mass is 385 g/mol. The molecule has 120 valence electrons. The van der Waals surface area contributed by atoms with Crippen LogP contribution in [0.1, 0.15) is 0 Å². The Bertz CT molecular complexity index is 890. The first-order chi connectivity index (χ1) is 11.8. The van der Waals surface area contributed by atoms with Crippen molar-refractivity contribution in [2.24, 2.45) is 0 Å². The van der Waals surface area contributed by atoms with Crippen LogP contribution in [0.4, 0.5) is 23.1 Å². The minimum Gasteiger partial charge on any atom is -0.454 e. The average molecular weight is 386 g/mol. The number of nitrogens with zero attached hydrogens (tertiary/aromatic N) is 3. The molecule has 0 atom stereocenters. The fraction of sp³-hybridized carbons (Fsp3) is 0.0625. The minimum atomic E-state index is 0.244. The molecule has 4 rings (SSSR count). The van der Waals surface area contributed by atoms with Gasteiger partial charge in [0, 0.05) is 16.2 Å². The molecule has 0 fully saturated rings. The topological polar surface area (TPSA) is 81.2 Å². The summed E-state index contributed by atoms with van der Waals surface area (Å²) in [7, 11) is 0. The standard InChI is InChI=1S/C16H12BrN5O2/c17-11-3-1-2-4-12(11)20-16-21-15(8-18-22-16)19-10-5-6-13-14(7-10)24-9-23-13/h1-8H,9H2,(H2,19,20,21,22). The summed E-state index contributed by atoms with van der Waals surface area (Å²) in [5.41, 5.74) is 1.69. The number of aromatic nitrogens is 3.